The van der Waals surface area contributed by atoms with Crippen LogP contribution in [0.4, 0.5) is 5.69 Å². The molecular formula is C17H17N3O4. The Labute approximate surface area is 138 Å². The van der Waals surface area contributed by atoms with Crippen LogP contribution in [0.5, 0.6) is 17.2 Å². The number of rotatable bonds is 5. The molecule has 0 spiro atoms. The van der Waals surface area contributed by atoms with Crippen molar-refractivity contribution in [2.45, 2.75) is 0 Å². The fourth-order valence-corrected chi connectivity index (χ4v) is 2.48. The Hall–Kier alpha value is -3.22. The molecule has 0 saturated heterocycles. The first kappa shape index (κ1) is 15.7. The monoisotopic (exact) mass is 327 g/mol. The Bertz CT molecular complexity index is 889. The summed E-state index contributed by atoms with van der Waals surface area (Å²) in [4.78, 5) is 12.6. The van der Waals surface area contributed by atoms with E-state index in [1.165, 1.54) is 21.3 Å². The third-order valence-corrected chi connectivity index (χ3v) is 3.61. The summed E-state index contributed by atoms with van der Waals surface area (Å²) < 4.78 is 17.6. The van der Waals surface area contributed by atoms with Crippen molar-refractivity contribution in [2.75, 3.05) is 26.6 Å². The van der Waals surface area contributed by atoms with Gasteiger partial charge in [-0.1, -0.05) is 0 Å². The van der Waals surface area contributed by atoms with Crippen LogP contribution in [0.1, 0.15) is 10.4 Å². The van der Waals surface area contributed by atoms with Gasteiger partial charge in [0.25, 0.3) is 5.91 Å². The predicted molar refractivity (Wildman–Crippen MR) is 89.2 cm³/mol. The van der Waals surface area contributed by atoms with Crippen molar-refractivity contribution in [1.29, 1.82) is 0 Å². The number of fused-ring (bicyclic) bond motifs is 1. The Kier molecular flexibility index (Phi) is 4.24. The van der Waals surface area contributed by atoms with E-state index in [9.17, 15) is 4.79 Å². The average molecular weight is 327 g/mol. The summed E-state index contributed by atoms with van der Waals surface area (Å²) in [6, 6.07) is 8.75. The smallest absolute Gasteiger partial charge is 0.259 e. The first-order valence-corrected chi connectivity index (χ1v) is 7.21. The van der Waals surface area contributed by atoms with Gasteiger partial charge in [-0.2, -0.15) is 5.10 Å². The number of carbonyl (C=O) groups excluding carboxylic acids is 1. The highest BCUT2D eigenvalue weighted by atomic mass is 16.5. The minimum atomic E-state index is -0.309. The largest absolute Gasteiger partial charge is 0.493 e. The molecule has 0 aliphatic carbocycles. The second kappa shape index (κ2) is 6.49. The van der Waals surface area contributed by atoms with Crippen LogP contribution in [0, 0.1) is 0 Å². The lowest BCUT2D eigenvalue weighted by molar-refractivity contribution is 0.102. The van der Waals surface area contributed by atoms with Gasteiger partial charge in [0.05, 0.1) is 32.4 Å². The molecule has 3 rings (SSSR count). The number of pyridine rings is 1. The van der Waals surface area contributed by atoms with Crippen LogP contribution < -0.4 is 19.5 Å². The van der Waals surface area contributed by atoms with Gasteiger partial charge in [0.1, 0.15) is 0 Å². The van der Waals surface area contributed by atoms with Crippen molar-refractivity contribution in [3.05, 3.63) is 48.3 Å². The maximum absolute atomic E-state index is 12.6. The Morgan fingerprint density at radius 1 is 1.04 bits per heavy atom. The molecule has 1 amide bonds. The minimum Gasteiger partial charge on any atom is -0.493 e. The fraction of sp³-hybridized carbons (Fsp3) is 0.176. The van der Waals surface area contributed by atoms with Gasteiger partial charge in [-0.25, -0.2) is 4.52 Å². The van der Waals surface area contributed by atoms with Crippen molar-refractivity contribution in [3.63, 3.8) is 0 Å². The van der Waals surface area contributed by atoms with Crippen LogP contribution in [-0.2, 0) is 0 Å². The molecule has 2 aromatic heterocycles. The van der Waals surface area contributed by atoms with E-state index in [1.54, 1.807) is 35.1 Å². The predicted octanol–water partition coefficient (Wildman–Crippen LogP) is 2.61. The zero-order valence-corrected chi connectivity index (χ0v) is 13.6. The third kappa shape index (κ3) is 2.71. The van der Waals surface area contributed by atoms with Gasteiger partial charge in [0.15, 0.2) is 11.5 Å². The molecule has 7 heteroatoms. The number of aromatic nitrogens is 2. The number of hydrogen-bond donors (Lipinski definition) is 1. The lowest BCUT2D eigenvalue weighted by Gasteiger charge is -2.15. The molecule has 2 heterocycles. The standard InChI is InChI=1S/C17H17N3O4/c1-22-14-5-4-13(15(23-2)16(14)24-3)17(21)19-11-7-9-20-12(10-11)6-8-18-20/h4-10H,1-3H3,(H,19,21). The van der Waals surface area contributed by atoms with E-state index >= 15 is 0 Å². The van der Waals surface area contributed by atoms with E-state index in [-0.39, 0.29) is 5.91 Å². The van der Waals surface area contributed by atoms with E-state index in [4.69, 9.17) is 14.2 Å². The van der Waals surface area contributed by atoms with E-state index < -0.39 is 0 Å². The topological polar surface area (TPSA) is 74.1 Å². The number of anilines is 1. The summed E-state index contributed by atoms with van der Waals surface area (Å²) in [5.41, 5.74) is 1.89. The molecule has 1 aromatic carbocycles. The number of amides is 1. The number of ether oxygens (including phenoxy) is 3. The molecule has 0 unspecified atom stereocenters. The summed E-state index contributed by atoms with van der Waals surface area (Å²) in [6.07, 6.45) is 3.47. The molecule has 0 atom stereocenters. The van der Waals surface area contributed by atoms with Crippen molar-refractivity contribution < 1.29 is 19.0 Å². The lowest BCUT2D eigenvalue weighted by atomic mass is 10.1. The number of nitrogens with one attached hydrogen (secondary N) is 1. The van der Waals surface area contributed by atoms with E-state index in [1.807, 2.05) is 12.1 Å². The van der Waals surface area contributed by atoms with Crippen LogP contribution in [0.15, 0.2) is 42.7 Å². The molecule has 0 aliphatic heterocycles. The van der Waals surface area contributed by atoms with E-state index in [0.29, 0.717) is 28.5 Å². The summed E-state index contributed by atoms with van der Waals surface area (Å²) in [7, 11) is 4.50. The van der Waals surface area contributed by atoms with Crippen LogP contribution in [0.25, 0.3) is 5.52 Å². The van der Waals surface area contributed by atoms with Gasteiger partial charge in [-0.05, 0) is 30.3 Å². The van der Waals surface area contributed by atoms with Gasteiger partial charge in [0, 0.05) is 18.1 Å². The van der Waals surface area contributed by atoms with Crippen LogP contribution in [0.2, 0.25) is 0 Å². The van der Waals surface area contributed by atoms with Gasteiger partial charge >= 0.3 is 0 Å². The second-order valence-electron chi connectivity index (χ2n) is 4.95. The number of hydrogen-bond acceptors (Lipinski definition) is 5. The second-order valence-corrected chi connectivity index (χ2v) is 4.95. The molecule has 24 heavy (non-hydrogen) atoms. The van der Waals surface area contributed by atoms with Crippen LogP contribution >= 0.6 is 0 Å². The molecule has 0 aliphatic rings. The summed E-state index contributed by atoms with van der Waals surface area (Å²) >= 11 is 0. The summed E-state index contributed by atoms with van der Waals surface area (Å²) in [5.74, 6) is 0.877. The van der Waals surface area contributed by atoms with Crippen molar-refractivity contribution in [3.8, 4) is 17.2 Å². The third-order valence-electron chi connectivity index (χ3n) is 3.61. The number of nitrogens with zero attached hydrogens (tertiary/aromatic N) is 2. The highest BCUT2D eigenvalue weighted by molar-refractivity contribution is 6.07. The lowest BCUT2D eigenvalue weighted by Crippen LogP contribution is -2.14. The maximum atomic E-state index is 12.6. The molecule has 0 fully saturated rings. The van der Waals surface area contributed by atoms with Gasteiger partial charge < -0.3 is 19.5 Å². The highest BCUT2D eigenvalue weighted by Gasteiger charge is 2.20. The Morgan fingerprint density at radius 3 is 2.54 bits per heavy atom. The average Bonchev–Trinajstić information content (AvgIpc) is 3.07. The minimum absolute atomic E-state index is 0.309. The van der Waals surface area contributed by atoms with E-state index in [0.717, 1.165) is 5.52 Å². The molecule has 0 saturated carbocycles. The van der Waals surface area contributed by atoms with Gasteiger partial charge in [-0.3, -0.25) is 4.79 Å². The summed E-state index contributed by atoms with van der Waals surface area (Å²) in [6.45, 7) is 0. The number of methoxy groups -OCH3 is 3. The van der Waals surface area contributed by atoms with Crippen molar-refractivity contribution >= 4 is 17.1 Å². The summed E-state index contributed by atoms with van der Waals surface area (Å²) in [5, 5.41) is 6.97. The molecule has 7 nitrogen and oxygen atoms in total. The van der Waals surface area contributed by atoms with E-state index in [2.05, 4.69) is 10.4 Å². The highest BCUT2D eigenvalue weighted by Crippen LogP contribution is 2.39. The Morgan fingerprint density at radius 2 is 1.83 bits per heavy atom. The quantitative estimate of drug-likeness (QED) is 0.780. The zero-order valence-electron chi connectivity index (χ0n) is 13.6. The first-order valence-electron chi connectivity index (χ1n) is 7.21. The number of benzene rings is 1. The molecule has 3 aromatic rings. The van der Waals surface area contributed by atoms with Gasteiger partial charge in [-0.15, -0.1) is 0 Å². The Balaban J connectivity index is 1.94. The molecule has 0 bridgehead atoms. The number of carbonyl (C=O) groups is 1. The molecule has 1 N–H and O–H groups in total. The zero-order chi connectivity index (χ0) is 17.1. The molecular weight excluding hydrogens is 310 g/mol. The maximum Gasteiger partial charge on any atom is 0.259 e. The van der Waals surface area contributed by atoms with Gasteiger partial charge in [0.2, 0.25) is 5.75 Å². The molecule has 124 valence electrons. The van der Waals surface area contributed by atoms with Crippen molar-refractivity contribution in [1.82, 2.24) is 9.61 Å². The SMILES string of the molecule is COc1ccc(C(=O)Nc2ccn3nccc3c2)c(OC)c1OC. The van der Waals surface area contributed by atoms with Crippen molar-refractivity contribution in [2.24, 2.45) is 0 Å². The first-order chi connectivity index (χ1) is 11.7. The van der Waals surface area contributed by atoms with Crippen LogP contribution in [-0.4, -0.2) is 36.9 Å². The van der Waals surface area contributed by atoms with Crippen LogP contribution in [0.3, 0.4) is 0 Å². The molecule has 0 radical (unpaired) electrons. The fourth-order valence-electron chi connectivity index (χ4n) is 2.48. The normalized spacial score (nSPS) is 10.5.